The van der Waals surface area contributed by atoms with Crippen molar-refractivity contribution < 1.29 is 8.42 Å². The van der Waals surface area contributed by atoms with E-state index in [1.165, 1.54) is 0 Å². The summed E-state index contributed by atoms with van der Waals surface area (Å²) in [6, 6.07) is 16.0. The molecule has 1 N–H and O–H groups in total. The SMILES string of the molecule is Cc1ccc(S(=O)(=O)Nc2cc(C)nc3ccccc23)cc1. The van der Waals surface area contributed by atoms with E-state index in [0.29, 0.717) is 5.69 Å². The molecule has 0 aliphatic carbocycles. The molecule has 5 heteroatoms. The molecule has 0 atom stereocenters. The molecule has 4 nitrogen and oxygen atoms in total. The Morgan fingerprint density at radius 2 is 1.64 bits per heavy atom. The zero-order valence-corrected chi connectivity index (χ0v) is 13.2. The molecule has 22 heavy (non-hydrogen) atoms. The maximum Gasteiger partial charge on any atom is 0.261 e. The number of benzene rings is 2. The lowest BCUT2D eigenvalue weighted by molar-refractivity contribution is 0.601. The number of nitrogens with zero attached hydrogens (tertiary/aromatic N) is 1. The van der Waals surface area contributed by atoms with Crippen LogP contribution in [0.25, 0.3) is 10.9 Å². The van der Waals surface area contributed by atoms with Crippen molar-refractivity contribution in [1.82, 2.24) is 4.98 Å². The third-order valence-corrected chi connectivity index (χ3v) is 4.80. The predicted octanol–water partition coefficient (Wildman–Crippen LogP) is 3.65. The van der Waals surface area contributed by atoms with Crippen LogP contribution in [0, 0.1) is 13.8 Å². The van der Waals surface area contributed by atoms with Crippen molar-refractivity contribution in [3.63, 3.8) is 0 Å². The molecule has 3 rings (SSSR count). The van der Waals surface area contributed by atoms with Crippen molar-refractivity contribution in [2.75, 3.05) is 4.72 Å². The molecule has 0 saturated carbocycles. The minimum Gasteiger partial charge on any atom is -0.279 e. The predicted molar refractivity (Wildman–Crippen MR) is 88.5 cm³/mol. The second-order valence-corrected chi connectivity index (χ2v) is 6.93. The summed E-state index contributed by atoms with van der Waals surface area (Å²) in [6.07, 6.45) is 0. The number of hydrogen-bond donors (Lipinski definition) is 1. The van der Waals surface area contributed by atoms with E-state index in [1.54, 1.807) is 30.3 Å². The van der Waals surface area contributed by atoms with Gasteiger partial charge in [0.2, 0.25) is 0 Å². The van der Waals surface area contributed by atoms with Gasteiger partial charge in [-0.1, -0.05) is 35.9 Å². The van der Waals surface area contributed by atoms with Crippen LogP contribution in [0.5, 0.6) is 0 Å². The van der Waals surface area contributed by atoms with Gasteiger partial charge in [0.15, 0.2) is 0 Å². The van der Waals surface area contributed by atoms with E-state index >= 15 is 0 Å². The molecular formula is C17H16N2O2S. The number of aryl methyl sites for hydroxylation is 2. The number of hydrogen-bond acceptors (Lipinski definition) is 3. The molecule has 0 aliphatic heterocycles. The van der Waals surface area contributed by atoms with Crippen molar-refractivity contribution in [1.29, 1.82) is 0 Å². The van der Waals surface area contributed by atoms with Gasteiger partial charge in [0.25, 0.3) is 10.0 Å². The minimum atomic E-state index is -3.62. The summed E-state index contributed by atoms with van der Waals surface area (Å²) in [7, 11) is -3.62. The molecule has 0 bridgehead atoms. The topological polar surface area (TPSA) is 59.1 Å². The van der Waals surface area contributed by atoms with Crippen LogP contribution in [0.4, 0.5) is 5.69 Å². The van der Waals surface area contributed by atoms with Gasteiger partial charge in [-0.2, -0.15) is 0 Å². The molecule has 0 aliphatic rings. The van der Waals surface area contributed by atoms with E-state index in [0.717, 1.165) is 22.2 Å². The number of para-hydroxylation sites is 1. The van der Waals surface area contributed by atoms with Crippen LogP contribution in [-0.2, 0) is 10.0 Å². The van der Waals surface area contributed by atoms with Crippen molar-refractivity contribution >= 4 is 26.6 Å². The summed E-state index contributed by atoms with van der Waals surface area (Å²) in [5.74, 6) is 0. The first kappa shape index (κ1) is 14.5. The zero-order valence-electron chi connectivity index (χ0n) is 12.4. The van der Waals surface area contributed by atoms with Gasteiger partial charge in [-0.15, -0.1) is 0 Å². The Morgan fingerprint density at radius 1 is 0.955 bits per heavy atom. The molecule has 0 unspecified atom stereocenters. The second kappa shape index (κ2) is 5.42. The lowest BCUT2D eigenvalue weighted by Gasteiger charge is -2.11. The molecule has 0 fully saturated rings. The molecule has 0 amide bonds. The van der Waals surface area contributed by atoms with Gasteiger partial charge in [-0.25, -0.2) is 8.42 Å². The summed E-state index contributed by atoms with van der Waals surface area (Å²) < 4.78 is 27.7. The van der Waals surface area contributed by atoms with Gasteiger partial charge in [-0.3, -0.25) is 9.71 Å². The Bertz CT molecular complexity index is 933. The minimum absolute atomic E-state index is 0.247. The van der Waals surface area contributed by atoms with Crippen molar-refractivity contribution in [2.24, 2.45) is 0 Å². The summed E-state index contributed by atoms with van der Waals surface area (Å²) in [4.78, 5) is 4.66. The monoisotopic (exact) mass is 312 g/mol. The lowest BCUT2D eigenvalue weighted by Crippen LogP contribution is -2.13. The van der Waals surface area contributed by atoms with E-state index in [1.807, 2.05) is 38.1 Å². The summed E-state index contributed by atoms with van der Waals surface area (Å²) in [6.45, 7) is 3.76. The molecule has 112 valence electrons. The van der Waals surface area contributed by atoms with Crippen LogP contribution in [0.1, 0.15) is 11.3 Å². The van der Waals surface area contributed by atoms with Gasteiger partial charge in [-0.05, 0) is 38.1 Å². The maximum atomic E-state index is 12.5. The van der Waals surface area contributed by atoms with Gasteiger partial charge >= 0.3 is 0 Å². The lowest BCUT2D eigenvalue weighted by atomic mass is 10.2. The highest BCUT2D eigenvalue weighted by atomic mass is 32.2. The maximum absolute atomic E-state index is 12.5. The highest BCUT2D eigenvalue weighted by Gasteiger charge is 2.15. The Morgan fingerprint density at radius 3 is 2.36 bits per heavy atom. The normalized spacial score (nSPS) is 11.5. The molecule has 0 radical (unpaired) electrons. The van der Waals surface area contributed by atoms with Crippen LogP contribution in [0.15, 0.2) is 59.5 Å². The number of aromatic nitrogens is 1. The Kier molecular flexibility index (Phi) is 3.58. The third-order valence-electron chi connectivity index (χ3n) is 3.42. The van der Waals surface area contributed by atoms with Crippen molar-refractivity contribution in [3.8, 4) is 0 Å². The largest absolute Gasteiger partial charge is 0.279 e. The van der Waals surface area contributed by atoms with Gasteiger partial charge in [0.05, 0.1) is 16.1 Å². The first-order valence-electron chi connectivity index (χ1n) is 6.91. The van der Waals surface area contributed by atoms with Gasteiger partial charge < -0.3 is 0 Å². The smallest absolute Gasteiger partial charge is 0.261 e. The summed E-state index contributed by atoms with van der Waals surface area (Å²) in [5, 5.41) is 0.781. The fraction of sp³-hybridized carbons (Fsp3) is 0.118. The van der Waals surface area contributed by atoms with Crippen molar-refractivity contribution in [3.05, 3.63) is 65.9 Å². The van der Waals surface area contributed by atoms with E-state index in [9.17, 15) is 8.42 Å². The number of fused-ring (bicyclic) bond motifs is 1. The molecule has 1 heterocycles. The average molecular weight is 312 g/mol. The van der Waals surface area contributed by atoms with E-state index in [2.05, 4.69) is 9.71 Å². The quantitative estimate of drug-likeness (QED) is 0.803. The van der Waals surface area contributed by atoms with Crippen LogP contribution < -0.4 is 4.72 Å². The molecular weight excluding hydrogens is 296 g/mol. The van der Waals surface area contributed by atoms with Crippen LogP contribution >= 0.6 is 0 Å². The first-order valence-corrected chi connectivity index (χ1v) is 8.40. The Hall–Kier alpha value is -2.40. The molecule has 2 aromatic carbocycles. The van der Waals surface area contributed by atoms with Crippen molar-refractivity contribution in [2.45, 2.75) is 18.7 Å². The number of sulfonamides is 1. The second-order valence-electron chi connectivity index (χ2n) is 5.25. The standard InChI is InChI=1S/C17H16N2O2S/c1-12-7-9-14(10-8-12)22(20,21)19-17-11-13(2)18-16-6-4-3-5-15(16)17/h3-11H,1-2H3,(H,18,19). The number of anilines is 1. The van der Waals surface area contributed by atoms with Crippen LogP contribution in [0.3, 0.4) is 0 Å². The highest BCUT2D eigenvalue weighted by molar-refractivity contribution is 7.92. The van der Waals surface area contributed by atoms with Crippen LogP contribution in [-0.4, -0.2) is 13.4 Å². The molecule has 3 aromatic rings. The average Bonchev–Trinajstić information content (AvgIpc) is 2.47. The Balaban J connectivity index is 2.07. The zero-order chi connectivity index (χ0) is 15.7. The van der Waals surface area contributed by atoms with E-state index < -0.39 is 10.0 Å². The number of pyridine rings is 1. The number of rotatable bonds is 3. The summed E-state index contributed by atoms with van der Waals surface area (Å²) in [5.41, 5.74) is 3.09. The molecule has 1 aromatic heterocycles. The first-order chi connectivity index (χ1) is 10.5. The van der Waals surface area contributed by atoms with Crippen LogP contribution in [0.2, 0.25) is 0 Å². The van der Waals surface area contributed by atoms with E-state index in [4.69, 9.17) is 0 Å². The Labute approximate surface area is 129 Å². The van der Waals surface area contributed by atoms with Gasteiger partial charge in [0.1, 0.15) is 0 Å². The fourth-order valence-electron chi connectivity index (χ4n) is 2.31. The third kappa shape index (κ3) is 2.80. The summed E-state index contributed by atoms with van der Waals surface area (Å²) >= 11 is 0. The highest BCUT2D eigenvalue weighted by Crippen LogP contribution is 2.25. The fourth-order valence-corrected chi connectivity index (χ4v) is 3.38. The van der Waals surface area contributed by atoms with Gasteiger partial charge in [0, 0.05) is 11.1 Å². The molecule has 0 saturated heterocycles. The molecule has 0 spiro atoms. The van der Waals surface area contributed by atoms with E-state index in [-0.39, 0.29) is 4.90 Å². The number of nitrogens with one attached hydrogen (secondary N) is 1.